The van der Waals surface area contributed by atoms with Crippen LogP contribution in [0.1, 0.15) is 6.92 Å². The molecule has 0 atom stereocenters. The predicted molar refractivity (Wildman–Crippen MR) is 115 cm³/mol. The Labute approximate surface area is 171 Å². The number of rotatable bonds is 3. The van der Waals surface area contributed by atoms with Crippen LogP contribution >= 0.6 is 35.7 Å². The molecule has 0 spiro atoms. The van der Waals surface area contributed by atoms with Gasteiger partial charge < -0.3 is 14.7 Å². The van der Waals surface area contributed by atoms with Crippen LogP contribution in [-0.2, 0) is 4.79 Å². The number of carbonyl (C=O) groups excluding carboxylic acids is 1. The fraction of sp³-hybridized carbons (Fsp3) is 0.158. The number of phenols is 1. The summed E-state index contributed by atoms with van der Waals surface area (Å²) < 4.78 is 5.83. The molecule has 27 heavy (non-hydrogen) atoms. The van der Waals surface area contributed by atoms with Crippen molar-refractivity contribution in [2.75, 3.05) is 23.5 Å². The average Bonchev–Trinajstić information content (AvgIpc) is 3.18. The van der Waals surface area contributed by atoms with Crippen LogP contribution in [0.25, 0.3) is 0 Å². The van der Waals surface area contributed by atoms with E-state index in [1.165, 1.54) is 16.7 Å². The van der Waals surface area contributed by atoms with Crippen LogP contribution in [0.2, 0.25) is 0 Å². The van der Waals surface area contributed by atoms with Gasteiger partial charge in [0.1, 0.15) is 21.4 Å². The lowest BCUT2D eigenvalue weighted by atomic mass is 10.2. The van der Waals surface area contributed by atoms with E-state index in [0.29, 0.717) is 14.9 Å². The van der Waals surface area contributed by atoms with Crippen LogP contribution in [-0.4, -0.2) is 29.0 Å². The van der Waals surface area contributed by atoms with Crippen molar-refractivity contribution in [2.45, 2.75) is 11.8 Å². The van der Waals surface area contributed by atoms with E-state index >= 15 is 0 Å². The molecule has 2 aromatic rings. The minimum Gasteiger partial charge on any atom is -0.508 e. The summed E-state index contributed by atoms with van der Waals surface area (Å²) in [6, 6.07) is 12.4. The Morgan fingerprint density at radius 3 is 2.56 bits per heavy atom. The lowest BCUT2D eigenvalue weighted by Crippen LogP contribution is -2.28. The van der Waals surface area contributed by atoms with E-state index in [1.807, 2.05) is 18.2 Å². The molecule has 0 aliphatic carbocycles. The zero-order chi connectivity index (χ0) is 19.1. The molecule has 1 N–H and O–H groups in total. The number of aromatic hydroxyl groups is 1. The number of hydrogen-bond donors (Lipinski definition) is 1. The largest absolute Gasteiger partial charge is 0.508 e. The van der Waals surface area contributed by atoms with Gasteiger partial charge in [-0.3, -0.25) is 9.69 Å². The Kier molecular flexibility index (Phi) is 4.79. The predicted octanol–water partition coefficient (Wildman–Crippen LogP) is 4.57. The van der Waals surface area contributed by atoms with E-state index in [9.17, 15) is 9.90 Å². The van der Waals surface area contributed by atoms with Crippen molar-refractivity contribution in [2.24, 2.45) is 0 Å². The molecule has 2 heterocycles. The van der Waals surface area contributed by atoms with E-state index in [4.69, 9.17) is 17.0 Å². The van der Waals surface area contributed by atoms with Gasteiger partial charge in [-0.05, 0) is 43.3 Å². The third-order valence-electron chi connectivity index (χ3n) is 4.30. The number of ether oxygens (including phenoxy) is 1. The third-order valence-corrected chi connectivity index (χ3v) is 6.97. The quantitative estimate of drug-likeness (QED) is 0.581. The molecular formula is C19H16N2O3S3. The van der Waals surface area contributed by atoms with Crippen molar-refractivity contribution in [3.05, 3.63) is 52.4 Å². The van der Waals surface area contributed by atoms with Crippen LogP contribution in [0.3, 0.4) is 0 Å². The molecule has 0 radical (unpaired) electrons. The Balaban J connectivity index is 1.74. The maximum atomic E-state index is 13.2. The summed E-state index contributed by atoms with van der Waals surface area (Å²) in [5.74, 6) is 0.789. The standard InChI is InChI=1S/C19H16N2O3S3/c1-3-20-14-10-13(24-2)8-9-15(14)26-18(20)16-17(23)21(19(25)27-16)11-4-6-12(22)7-5-11/h4-10,22H,3H2,1-2H3. The molecule has 2 aliphatic rings. The number of thioether (sulfide) groups is 2. The molecule has 2 aromatic carbocycles. The number of methoxy groups -OCH3 is 1. The Bertz CT molecular complexity index is 973. The van der Waals surface area contributed by atoms with E-state index < -0.39 is 0 Å². The molecule has 8 heteroatoms. The van der Waals surface area contributed by atoms with Crippen LogP contribution < -0.4 is 14.5 Å². The molecule has 4 rings (SSSR count). The topological polar surface area (TPSA) is 53.0 Å². The molecule has 1 saturated heterocycles. The number of anilines is 2. The summed E-state index contributed by atoms with van der Waals surface area (Å²) in [5.41, 5.74) is 1.68. The summed E-state index contributed by atoms with van der Waals surface area (Å²) in [5, 5.41) is 10.4. The second-order valence-corrected chi connectivity index (χ2v) is 8.51. The van der Waals surface area contributed by atoms with Crippen LogP contribution in [0.15, 0.2) is 57.3 Å². The lowest BCUT2D eigenvalue weighted by Gasteiger charge is -2.19. The van der Waals surface area contributed by atoms with Gasteiger partial charge in [-0.15, -0.1) is 0 Å². The smallest absolute Gasteiger partial charge is 0.273 e. The Morgan fingerprint density at radius 1 is 1.15 bits per heavy atom. The van der Waals surface area contributed by atoms with Crippen LogP contribution in [0.4, 0.5) is 11.4 Å². The maximum Gasteiger partial charge on any atom is 0.273 e. The number of hydrogen-bond acceptors (Lipinski definition) is 7. The van der Waals surface area contributed by atoms with Gasteiger partial charge in [-0.1, -0.05) is 35.7 Å². The molecule has 1 amide bonds. The maximum absolute atomic E-state index is 13.2. The first kappa shape index (κ1) is 18.2. The van der Waals surface area contributed by atoms with E-state index in [0.717, 1.165) is 27.9 Å². The van der Waals surface area contributed by atoms with E-state index in [-0.39, 0.29) is 11.7 Å². The van der Waals surface area contributed by atoms with Crippen molar-refractivity contribution in [1.82, 2.24) is 0 Å². The van der Waals surface area contributed by atoms with Gasteiger partial charge >= 0.3 is 0 Å². The SMILES string of the molecule is CCN1C(=C2SC(=S)N(c3ccc(O)cc3)C2=O)Sc2ccc(OC)cc21. The highest BCUT2D eigenvalue weighted by molar-refractivity contribution is 8.27. The molecule has 0 bridgehead atoms. The van der Waals surface area contributed by atoms with E-state index in [2.05, 4.69) is 11.8 Å². The van der Waals surface area contributed by atoms with E-state index in [1.54, 1.807) is 43.1 Å². The number of benzene rings is 2. The zero-order valence-electron chi connectivity index (χ0n) is 14.6. The number of thiocarbonyl (C=S) groups is 1. The molecular weight excluding hydrogens is 400 g/mol. The first-order chi connectivity index (χ1) is 13.0. The van der Waals surface area contributed by atoms with Gasteiger partial charge in [0.05, 0.1) is 18.5 Å². The van der Waals surface area contributed by atoms with Gasteiger partial charge in [-0.2, -0.15) is 0 Å². The van der Waals surface area contributed by atoms with Crippen LogP contribution in [0.5, 0.6) is 11.5 Å². The fourth-order valence-electron chi connectivity index (χ4n) is 2.99. The number of phenolic OH excluding ortho intramolecular Hbond substituents is 1. The highest BCUT2D eigenvalue weighted by Gasteiger charge is 2.39. The van der Waals surface area contributed by atoms with Crippen molar-refractivity contribution in [3.63, 3.8) is 0 Å². The number of fused-ring (bicyclic) bond motifs is 1. The van der Waals surface area contributed by atoms with Gasteiger partial charge in [0.25, 0.3) is 5.91 Å². The second-order valence-electron chi connectivity index (χ2n) is 5.84. The minimum atomic E-state index is -0.142. The number of carbonyl (C=O) groups is 1. The van der Waals surface area contributed by atoms with Gasteiger partial charge in [0, 0.05) is 17.5 Å². The average molecular weight is 417 g/mol. The zero-order valence-corrected chi connectivity index (χ0v) is 17.1. The first-order valence-corrected chi connectivity index (χ1v) is 10.3. The summed E-state index contributed by atoms with van der Waals surface area (Å²) in [6.07, 6.45) is 0. The number of amides is 1. The fourth-order valence-corrected chi connectivity index (χ4v) is 5.65. The molecule has 0 unspecified atom stereocenters. The van der Waals surface area contributed by atoms with Crippen LogP contribution in [0, 0.1) is 0 Å². The van der Waals surface area contributed by atoms with Gasteiger partial charge in [-0.25, -0.2) is 0 Å². The van der Waals surface area contributed by atoms with Crippen molar-refractivity contribution >= 4 is 57.3 Å². The number of nitrogens with zero attached hydrogens (tertiary/aromatic N) is 2. The Morgan fingerprint density at radius 2 is 1.89 bits per heavy atom. The van der Waals surface area contributed by atoms with Crippen molar-refractivity contribution in [1.29, 1.82) is 0 Å². The molecule has 1 fully saturated rings. The van der Waals surface area contributed by atoms with Gasteiger partial charge in [0.2, 0.25) is 0 Å². The van der Waals surface area contributed by atoms with Crippen molar-refractivity contribution < 1.29 is 14.6 Å². The summed E-state index contributed by atoms with van der Waals surface area (Å²) in [4.78, 5) is 18.5. The first-order valence-electron chi connectivity index (χ1n) is 8.26. The highest BCUT2D eigenvalue weighted by Crippen LogP contribution is 2.51. The minimum absolute atomic E-state index is 0.142. The summed E-state index contributed by atoms with van der Waals surface area (Å²) in [7, 11) is 1.64. The molecule has 0 aromatic heterocycles. The van der Waals surface area contributed by atoms with Gasteiger partial charge in [0.15, 0.2) is 4.32 Å². The highest BCUT2D eigenvalue weighted by atomic mass is 32.2. The lowest BCUT2D eigenvalue weighted by molar-refractivity contribution is -0.113. The third kappa shape index (κ3) is 3.07. The molecule has 138 valence electrons. The molecule has 2 aliphatic heterocycles. The Hall–Kier alpha value is -2.16. The van der Waals surface area contributed by atoms with Crippen molar-refractivity contribution in [3.8, 4) is 11.5 Å². The summed E-state index contributed by atoms with van der Waals surface area (Å²) >= 11 is 8.35. The summed E-state index contributed by atoms with van der Waals surface area (Å²) in [6.45, 7) is 2.78. The molecule has 5 nitrogen and oxygen atoms in total. The monoisotopic (exact) mass is 416 g/mol. The normalized spacial score (nSPS) is 19.0. The second kappa shape index (κ2) is 7.10. The molecule has 0 saturated carbocycles.